The van der Waals surface area contributed by atoms with E-state index in [0.717, 1.165) is 32.5 Å². The van der Waals surface area contributed by atoms with Crippen LogP contribution in [0, 0.1) is 17.1 Å². The van der Waals surface area contributed by atoms with E-state index >= 15 is 0 Å². The van der Waals surface area contributed by atoms with Crippen molar-refractivity contribution < 1.29 is 9.18 Å². The number of nitriles is 1. The van der Waals surface area contributed by atoms with Gasteiger partial charge in [-0.25, -0.2) is 4.39 Å². The topological polar surface area (TPSA) is 56.1 Å². The molecule has 1 heterocycles. The molecule has 1 N–H and O–H groups in total. The number of halogens is 1. The van der Waals surface area contributed by atoms with E-state index in [-0.39, 0.29) is 17.8 Å². The monoisotopic (exact) mass is 275 g/mol. The van der Waals surface area contributed by atoms with Crippen molar-refractivity contribution in [2.24, 2.45) is 0 Å². The van der Waals surface area contributed by atoms with Crippen molar-refractivity contribution in [3.8, 4) is 6.07 Å². The number of piperidine rings is 1. The summed E-state index contributed by atoms with van der Waals surface area (Å²) in [4.78, 5) is 14.2. The van der Waals surface area contributed by atoms with Gasteiger partial charge in [0, 0.05) is 37.7 Å². The van der Waals surface area contributed by atoms with Crippen LogP contribution in [0.3, 0.4) is 0 Å². The van der Waals surface area contributed by atoms with Crippen molar-refractivity contribution in [1.29, 1.82) is 5.26 Å². The van der Waals surface area contributed by atoms with Crippen LogP contribution in [0.15, 0.2) is 24.3 Å². The molecule has 1 aromatic carbocycles. The molecule has 0 radical (unpaired) electrons. The van der Waals surface area contributed by atoms with Crippen LogP contribution in [-0.4, -0.2) is 36.5 Å². The number of benzene rings is 1. The first kappa shape index (κ1) is 14.5. The lowest BCUT2D eigenvalue weighted by Gasteiger charge is -2.31. The highest BCUT2D eigenvalue weighted by Gasteiger charge is 2.20. The van der Waals surface area contributed by atoms with Gasteiger partial charge in [-0.2, -0.15) is 5.26 Å². The lowest BCUT2D eigenvalue weighted by molar-refractivity contribution is 0.0912. The van der Waals surface area contributed by atoms with Gasteiger partial charge in [0.2, 0.25) is 0 Å². The first-order valence-corrected chi connectivity index (χ1v) is 6.85. The van der Waals surface area contributed by atoms with Gasteiger partial charge in [-0.3, -0.25) is 4.79 Å². The molecule has 1 aromatic rings. The highest BCUT2D eigenvalue weighted by Crippen LogP contribution is 2.12. The number of hydrogen-bond acceptors (Lipinski definition) is 3. The van der Waals surface area contributed by atoms with E-state index < -0.39 is 0 Å². The molecular weight excluding hydrogens is 257 g/mol. The van der Waals surface area contributed by atoms with E-state index in [4.69, 9.17) is 5.26 Å². The molecule has 1 fully saturated rings. The van der Waals surface area contributed by atoms with E-state index in [1.54, 1.807) is 0 Å². The number of carbonyl (C=O) groups is 1. The maximum absolute atomic E-state index is 12.8. The van der Waals surface area contributed by atoms with Gasteiger partial charge < -0.3 is 10.2 Å². The molecule has 2 rings (SSSR count). The molecule has 0 atom stereocenters. The molecule has 0 aromatic heterocycles. The molecule has 1 aliphatic rings. The van der Waals surface area contributed by atoms with E-state index in [1.807, 2.05) is 0 Å². The first-order chi connectivity index (χ1) is 9.69. The second-order valence-electron chi connectivity index (χ2n) is 5.00. The number of rotatable bonds is 4. The number of likely N-dealkylation sites (tertiary alicyclic amines) is 1. The summed E-state index contributed by atoms with van der Waals surface area (Å²) >= 11 is 0. The van der Waals surface area contributed by atoms with E-state index in [9.17, 15) is 9.18 Å². The van der Waals surface area contributed by atoms with Gasteiger partial charge in [0.05, 0.1) is 6.07 Å². The summed E-state index contributed by atoms with van der Waals surface area (Å²) in [6.07, 6.45) is 2.32. The Bertz CT molecular complexity index is 487. The Kier molecular flexibility index (Phi) is 5.08. The zero-order valence-corrected chi connectivity index (χ0v) is 11.3. The molecule has 0 unspecified atom stereocenters. The van der Waals surface area contributed by atoms with Crippen LogP contribution in [0.4, 0.5) is 4.39 Å². The molecule has 0 spiro atoms. The maximum atomic E-state index is 12.8. The zero-order valence-electron chi connectivity index (χ0n) is 11.3. The van der Waals surface area contributed by atoms with Gasteiger partial charge in [0.25, 0.3) is 5.91 Å². The Balaban J connectivity index is 1.79. The quantitative estimate of drug-likeness (QED) is 0.913. The average molecular weight is 275 g/mol. The van der Waals surface area contributed by atoms with Crippen LogP contribution in [0.25, 0.3) is 0 Å². The third-order valence-corrected chi connectivity index (χ3v) is 3.57. The Hall–Kier alpha value is -1.93. The predicted octanol–water partition coefficient (Wildman–Crippen LogP) is 1.93. The number of hydrogen-bond donors (Lipinski definition) is 1. The lowest BCUT2D eigenvalue weighted by atomic mass is 10.0. The molecule has 4 nitrogen and oxygen atoms in total. The van der Waals surface area contributed by atoms with E-state index in [1.165, 1.54) is 24.3 Å². The number of carbonyl (C=O) groups excluding carboxylic acids is 1. The molecule has 0 saturated carbocycles. The van der Waals surface area contributed by atoms with Crippen molar-refractivity contribution in [3.05, 3.63) is 35.6 Å². The highest BCUT2D eigenvalue weighted by molar-refractivity contribution is 5.94. The van der Waals surface area contributed by atoms with E-state index in [0.29, 0.717) is 12.0 Å². The van der Waals surface area contributed by atoms with Gasteiger partial charge >= 0.3 is 0 Å². The third kappa shape index (κ3) is 4.04. The summed E-state index contributed by atoms with van der Waals surface area (Å²) in [6, 6.07) is 7.87. The van der Waals surface area contributed by atoms with Crippen LogP contribution in [0.2, 0.25) is 0 Å². The molecule has 0 aliphatic carbocycles. The standard InChI is InChI=1S/C15H18FN3O/c16-13-4-2-12(3-5-13)15(20)18-14-6-10-19(11-7-14)9-1-8-17/h2-5,14H,1,6-7,9-11H2,(H,18,20). The van der Waals surface area contributed by atoms with Gasteiger partial charge in [0.15, 0.2) is 0 Å². The summed E-state index contributed by atoms with van der Waals surface area (Å²) in [7, 11) is 0. The fraction of sp³-hybridized carbons (Fsp3) is 0.467. The van der Waals surface area contributed by atoms with Crippen molar-refractivity contribution in [2.75, 3.05) is 19.6 Å². The minimum atomic E-state index is -0.340. The molecule has 0 bridgehead atoms. The van der Waals surface area contributed by atoms with Gasteiger partial charge in [-0.15, -0.1) is 0 Å². The van der Waals surface area contributed by atoms with Crippen LogP contribution >= 0.6 is 0 Å². The minimum Gasteiger partial charge on any atom is -0.349 e. The van der Waals surface area contributed by atoms with Gasteiger partial charge in [-0.05, 0) is 37.1 Å². The second-order valence-corrected chi connectivity index (χ2v) is 5.00. The lowest BCUT2D eigenvalue weighted by Crippen LogP contribution is -2.44. The van der Waals surface area contributed by atoms with Gasteiger partial charge in [-0.1, -0.05) is 0 Å². The van der Waals surface area contributed by atoms with Crippen LogP contribution in [0.1, 0.15) is 29.6 Å². The highest BCUT2D eigenvalue weighted by atomic mass is 19.1. The SMILES string of the molecule is N#CCCN1CCC(NC(=O)c2ccc(F)cc2)CC1. The molecule has 1 saturated heterocycles. The zero-order chi connectivity index (χ0) is 14.4. The largest absolute Gasteiger partial charge is 0.349 e. The van der Waals surface area contributed by atoms with Crippen molar-refractivity contribution in [1.82, 2.24) is 10.2 Å². The summed E-state index contributed by atoms with van der Waals surface area (Å²) in [5.41, 5.74) is 0.485. The van der Waals surface area contributed by atoms with Gasteiger partial charge in [0.1, 0.15) is 5.82 Å². The van der Waals surface area contributed by atoms with Crippen molar-refractivity contribution in [3.63, 3.8) is 0 Å². The third-order valence-electron chi connectivity index (χ3n) is 3.57. The van der Waals surface area contributed by atoms with E-state index in [2.05, 4.69) is 16.3 Å². The number of amides is 1. The first-order valence-electron chi connectivity index (χ1n) is 6.85. The summed E-state index contributed by atoms with van der Waals surface area (Å²) in [5.74, 6) is -0.493. The molecule has 1 aliphatic heterocycles. The Morgan fingerprint density at radius 2 is 2.00 bits per heavy atom. The number of nitrogens with zero attached hydrogens (tertiary/aromatic N) is 2. The predicted molar refractivity (Wildman–Crippen MR) is 73.6 cm³/mol. The molecule has 5 heteroatoms. The average Bonchev–Trinajstić information content (AvgIpc) is 2.47. The van der Waals surface area contributed by atoms with Crippen molar-refractivity contribution in [2.45, 2.75) is 25.3 Å². The van der Waals surface area contributed by atoms with Crippen LogP contribution in [0.5, 0.6) is 0 Å². The Morgan fingerprint density at radius 3 is 2.60 bits per heavy atom. The fourth-order valence-corrected chi connectivity index (χ4v) is 2.38. The summed E-state index contributed by atoms with van der Waals surface area (Å²) < 4.78 is 12.8. The second kappa shape index (κ2) is 7.01. The molecule has 106 valence electrons. The normalized spacial score (nSPS) is 16.6. The minimum absolute atomic E-state index is 0.152. The Labute approximate surface area is 118 Å². The van der Waals surface area contributed by atoms with Crippen LogP contribution < -0.4 is 5.32 Å². The van der Waals surface area contributed by atoms with Crippen LogP contribution in [-0.2, 0) is 0 Å². The molecule has 1 amide bonds. The molecule has 20 heavy (non-hydrogen) atoms. The summed E-state index contributed by atoms with van der Waals surface area (Å²) in [5, 5.41) is 11.5. The maximum Gasteiger partial charge on any atom is 0.251 e. The fourth-order valence-electron chi connectivity index (χ4n) is 2.38. The Morgan fingerprint density at radius 1 is 1.35 bits per heavy atom. The summed E-state index contributed by atoms with van der Waals surface area (Å²) in [6.45, 7) is 2.60. The molecular formula is C15H18FN3O. The van der Waals surface area contributed by atoms with Crippen molar-refractivity contribution >= 4 is 5.91 Å². The smallest absolute Gasteiger partial charge is 0.251 e. The number of nitrogens with one attached hydrogen (secondary N) is 1.